The van der Waals surface area contributed by atoms with Crippen LogP contribution in [0, 0.1) is 11.6 Å². The maximum absolute atomic E-state index is 13.2. The monoisotopic (exact) mass is 340 g/mol. The van der Waals surface area contributed by atoms with Crippen LogP contribution in [0.15, 0.2) is 54.6 Å². The van der Waals surface area contributed by atoms with Gasteiger partial charge in [0.15, 0.2) is 17.4 Å². The number of hydrogen-bond donors (Lipinski definition) is 1. The first kappa shape index (κ1) is 16.6. The Labute approximate surface area is 142 Å². The van der Waals surface area contributed by atoms with Crippen molar-refractivity contribution in [1.29, 1.82) is 0 Å². The molecule has 6 heteroatoms. The van der Waals surface area contributed by atoms with Gasteiger partial charge in [-0.3, -0.25) is 9.89 Å². The highest BCUT2D eigenvalue weighted by Crippen LogP contribution is 2.21. The number of carbonyl (C=O) groups excluding carboxylic acids is 1. The lowest BCUT2D eigenvalue weighted by molar-refractivity contribution is 0.104. The molecule has 0 aliphatic rings. The van der Waals surface area contributed by atoms with Crippen LogP contribution in [0.1, 0.15) is 16.1 Å². The lowest BCUT2D eigenvalue weighted by Gasteiger charge is -1.99. The molecule has 3 rings (SSSR count). The Morgan fingerprint density at radius 3 is 2.52 bits per heavy atom. The first-order valence-corrected chi connectivity index (χ1v) is 7.44. The Kier molecular flexibility index (Phi) is 4.70. The van der Waals surface area contributed by atoms with E-state index in [1.165, 1.54) is 18.2 Å². The lowest BCUT2D eigenvalue weighted by atomic mass is 10.1. The van der Waals surface area contributed by atoms with E-state index in [-0.39, 0.29) is 5.56 Å². The van der Waals surface area contributed by atoms with Gasteiger partial charge >= 0.3 is 0 Å². The Morgan fingerprint density at radius 1 is 1.08 bits per heavy atom. The van der Waals surface area contributed by atoms with Gasteiger partial charge in [0.25, 0.3) is 0 Å². The van der Waals surface area contributed by atoms with Gasteiger partial charge in [0.05, 0.1) is 18.5 Å². The van der Waals surface area contributed by atoms with Gasteiger partial charge in [0, 0.05) is 11.1 Å². The van der Waals surface area contributed by atoms with Gasteiger partial charge in [-0.1, -0.05) is 0 Å². The number of halogens is 2. The minimum atomic E-state index is -1.05. The topological polar surface area (TPSA) is 55.0 Å². The first-order chi connectivity index (χ1) is 12.1. The predicted molar refractivity (Wildman–Crippen MR) is 90.3 cm³/mol. The minimum Gasteiger partial charge on any atom is -0.497 e. The third-order valence-electron chi connectivity index (χ3n) is 3.60. The second-order valence-electron chi connectivity index (χ2n) is 5.26. The summed E-state index contributed by atoms with van der Waals surface area (Å²) in [4.78, 5) is 12.0. The number of aromatic nitrogens is 2. The molecule has 0 fully saturated rings. The SMILES string of the molecule is COc1ccc(-c2cc(/C=C/C(=O)c3ccc(F)c(F)c3)[nH]n2)cc1. The highest BCUT2D eigenvalue weighted by molar-refractivity contribution is 6.06. The zero-order chi connectivity index (χ0) is 17.8. The van der Waals surface area contributed by atoms with E-state index in [9.17, 15) is 13.6 Å². The van der Waals surface area contributed by atoms with E-state index in [0.29, 0.717) is 11.4 Å². The summed E-state index contributed by atoms with van der Waals surface area (Å²) < 4.78 is 31.2. The molecular formula is C19H14F2N2O2. The van der Waals surface area contributed by atoms with E-state index in [4.69, 9.17) is 4.74 Å². The van der Waals surface area contributed by atoms with Crippen molar-refractivity contribution in [2.75, 3.05) is 7.11 Å². The number of methoxy groups -OCH3 is 1. The van der Waals surface area contributed by atoms with Crippen molar-refractivity contribution in [2.45, 2.75) is 0 Å². The quantitative estimate of drug-likeness (QED) is 0.558. The number of ketones is 1. The Bertz CT molecular complexity index is 931. The van der Waals surface area contributed by atoms with Crippen LogP contribution >= 0.6 is 0 Å². The molecule has 25 heavy (non-hydrogen) atoms. The Hall–Kier alpha value is -3.28. The largest absolute Gasteiger partial charge is 0.497 e. The summed E-state index contributed by atoms with van der Waals surface area (Å²) in [7, 11) is 1.59. The fourth-order valence-electron chi connectivity index (χ4n) is 2.24. The number of carbonyl (C=O) groups is 1. The van der Waals surface area contributed by atoms with Crippen LogP contribution < -0.4 is 4.74 Å². The van der Waals surface area contributed by atoms with E-state index in [1.54, 1.807) is 13.2 Å². The summed E-state index contributed by atoms with van der Waals surface area (Å²) in [6.07, 6.45) is 2.81. The molecule has 0 aliphatic heterocycles. The standard InChI is InChI=1S/C19H14F2N2O2/c1-25-15-6-2-12(3-7-15)18-11-14(22-23-18)5-9-19(24)13-4-8-16(20)17(21)10-13/h2-11H,1H3,(H,22,23)/b9-5+. The second-order valence-corrected chi connectivity index (χ2v) is 5.26. The number of nitrogens with one attached hydrogen (secondary N) is 1. The molecule has 0 saturated carbocycles. The predicted octanol–water partition coefficient (Wildman–Crippen LogP) is 4.26. The van der Waals surface area contributed by atoms with Crippen molar-refractivity contribution in [3.05, 3.63) is 77.5 Å². The summed E-state index contributed by atoms with van der Waals surface area (Å²) in [5.41, 5.74) is 2.29. The van der Waals surface area contributed by atoms with Gasteiger partial charge in [0.1, 0.15) is 5.75 Å². The van der Waals surface area contributed by atoms with Gasteiger partial charge in [-0.15, -0.1) is 0 Å². The molecule has 1 aromatic heterocycles. The molecule has 0 bridgehead atoms. The van der Waals surface area contributed by atoms with E-state index in [1.807, 2.05) is 24.3 Å². The number of allylic oxidation sites excluding steroid dienone is 1. The molecule has 0 atom stereocenters. The van der Waals surface area contributed by atoms with Crippen LogP contribution in [0.4, 0.5) is 8.78 Å². The molecule has 0 aliphatic carbocycles. The smallest absolute Gasteiger partial charge is 0.186 e. The number of benzene rings is 2. The molecule has 1 heterocycles. The summed E-state index contributed by atoms with van der Waals surface area (Å²) in [5.74, 6) is -1.73. The summed E-state index contributed by atoms with van der Waals surface area (Å²) in [6, 6.07) is 12.2. The fraction of sp³-hybridized carbons (Fsp3) is 0.0526. The molecule has 126 valence electrons. The molecule has 0 amide bonds. The molecule has 1 N–H and O–H groups in total. The minimum absolute atomic E-state index is 0.0741. The van der Waals surface area contributed by atoms with Crippen molar-refractivity contribution in [3.63, 3.8) is 0 Å². The van der Waals surface area contributed by atoms with Crippen LogP contribution in [0.25, 0.3) is 17.3 Å². The third kappa shape index (κ3) is 3.80. The van der Waals surface area contributed by atoms with E-state index < -0.39 is 17.4 Å². The Balaban J connectivity index is 1.74. The molecular weight excluding hydrogens is 326 g/mol. The molecule has 3 aromatic rings. The van der Waals surface area contributed by atoms with Crippen molar-refractivity contribution < 1.29 is 18.3 Å². The zero-order valence-corrected chi connectivity index (χ0v) is 13.3. The molecule has 0 saturated heterocycles. The molecule has 0 unspecified atom stereocenters. The van der Waals surface area contributed by atoms with E-state index in [2.05, 4.69) is 10.2 Å². The van der Waals surface area contributed by atoms with E-state index >= 15 is 0 Å². The lowest BCUT2D eigenvalue weighted by Crippen LogP contribution is -1.96. The average Bonchev–Trinajstić information content (AvgIpc) is 3.11. The van der Waals surface area contributed by atoms with Gasteiger partial charge in [-0.05, 0) is 60.7 Å². The number of rotatable bonds is 5. The van der Waals surface area contributed by atoms with Crippen molar-refractivity contribution in [1.82, 2.24) is 10.2 Å². The van der Waals surface area contributed by atoms with Crippen molar-refractivity contribution >= 4 is 11.9 Å². The number of nitrogens with zero attached hydrogens (tertiary/aromatic N) is 1. The number of hydrogen-bond acceptors (Lipinski definition) is 3. The maximum atomic E-state index is 13.2. The zero-order valence-electron chi connectivity index (χ0n) is 13.3. The summed E-state index contributed by atoms with van der Waals surface area (Å²) >= 11 is 0. The van der Waals surface area contributed by atoms with E-state index in [0.717, 1.165) is 23.4 Å². The highest BCUT2D eigenvalue weighted by atomic mass is 19.2. The maximum Gasteiger partial charge on any atom is 0.186 e. The second kappa shape index (κ2) is 7.09. The third-order valence-corrected chi connectivity index (χ3v) is 3.60. The van der Waals surface area contributed by atoms with Crippen LogP contribution in [0.5, 0.6) is 5.75 Å². The van der Waals surface area contributed by atoms with Gasteiger partial charge in [0.2, 0.25) is 0 Å². The fourth-order valence-corrected chi connectivity index (χ4v) is 2.24. The Morgan fingerprint density at radius 2 is 1.84 bits per heavy atom. The van der Waals surface area contributed by atoms with Crippen LogP contribution in [-0.4, -0.2) is 23.1 Å². The summed E-state index contributed by atoms with van der Waals surface area (Å²) in [6.45, 7) is 0. The first-order valence-electron chi connectivity index (χ1n) is 7.44. The van der Waals surface area contributed by atoms with Gasteiger partial charge < -0.3 is 4.74 Å². The number of H-pyrrole nitrogens is 1. The van der Waals surface area contributed by atoms with Gasteiger partial charge in [-0.25, -0.2) is 8.78 Å². The van der Waals surface area contributed by atoms with Crippen molar-refractivity contribution in [3.8, 4) is 17.0 Å². The molecule has 0 spiro atoms. The molecule has 0 radical (unpaired) electrons. The number of ether oxygens (including phenoxy) is 1. The normalized spacial score (nSPS) is 11.0. The highest BCUT2D eigenvalue weighted by Gasteiger charge is 2.08. The van der Waals surface area contributed by atoms with Gasteiger partial charge in [-0.2, -0.15) is 5.10 Å². The van der Waals surface area contributed by atoms with Crippen LogP contribution in [-0.2, 0) is 0 Å². The average molecular weight is 340 g/mol. The summed E-state index contributed by atoms with van der Waals surface area (Å²) in [5, 5.41) is 6.99. The van der Waals surface area contributed by atoms with Crippen molar-refractivity contribution in [2.24, 2.45) is 0 Å². The molecule has 4 nitrogen and oxygen atoms in total. The van der Waals surface area contributed by atoms with Crippen LogP contribution in [0.2, 0.25) is 0 Å². The number of aromatic amines is 1. The van der Waals surface area contributed by atoms with Crippen LogP contribution in [0.3, 0.4) is 0 Å². The molecule has 2 aromatic carbocycles.